The Kier molecular flexibility index (Phi) is 2.79. The van der Waals surface area contributed by atoms with Crippen molar-refractivity contribution in [2.45, 2.75) is 30.8 Å². The fourth-order valence-corrected chi connectivity index (χ4v) is 2.83. The lowest BCUT2D eigenvalue weighted by molar-refractivity contribution is -0.133. The average molecular weight is 267 g/mol. The normalized spacial score (nSPS) is 25.2. The molecule has 3 rings (SSSR count). The molecule has 96 valence electrons. The maximum atomic E-state index is 12.5. The van der Waals surface area contributed by atoms with Gasteiger partial charge in [0.05, 0.1) is 16.5 Å². The van der Waals surface area contributed by atoms with Gasteiger partial charge in [0.15, 0.2) is 0 Å². The molecule has 0 radical (unpaired) electrons. The number of aliphatic hydroxyl groups is 1. The van der Waals surface area contributed by atoms with Gasteiger partial charge in [-0.1, -0.05) is 11.6 Å². The van der Waals surface area contributed by atoms with Crippen LogP contribution in [0.15, 0.2) is 18.5 Å². The number of hydrogen-bond acceptors (Lipinski definition) is 3. The molecule has 1 aliphatic carbocycles. The van der Waals surface area contributed by atoms with Crippen molar-refractivity contribution in [1.29, 1.82) is 0 Å². The number of β-amino-alcohol motifs (C(OH)–C–C–N with tert-alkyl or cyclic N) is 1. The highest BCUT2D eigenvalue weighted by Gasteiger charge is 2.54. The molecule has 0 bridgehead atoms. The van der Waals surface area contributed by atoms with E-state index in [9.17, 15) is 9.90 Å². The van der Waals surface area contributed by atoms with Gasteiger partial charge in [0.2, 0.25) is 5.91 Å². The lowest BCUT2D eigenvalue weighted by atomic mass is 9.96. The predicted octanol–water partition coefficient (Wildman–Crippen LogP) is 1.36. The Morgan fingerprint density at radius 2 is 2.28 bits per heavy atom. The van der Waals surface area contributed by atoms with Gasteiger partial charge in [-0.3, -0.25) is 9.78 Å². The second kappa shape index (κ2) is 4.21. The Morgan fingerprint density at radius 3 is 2.83 bits per heavy atom. The minimum Gasteiger partial charge on any atom is -0.391 e. The molecule has 2 aliphatic rings. The van der Waals surface area contributed by atoms with Gasteiger partial charge in [0.1, 0.15) is 0 Å². The highest BCUT2D eigenvalue weighted by Crippen LogP contribution is 2.50. The second-order valence-electron chi connectivity index (χ2n) is 5.17. The molecular formula is C13H15ClN2O2. The van der Waals surface area contributed by atoms with E-state index >= 15 is 0 Å². The first-order chi connectivity index (χ1) is 8.62. The van der Waals surface area contributed by atoms with Gasteiger partial charge in [-0.15, -0.1) is 0 Å². The van der Waals surface area contributed by atoms with E-state index in [0.717, 1.165) is 18.4 Å². The molecule has 2 fully saturated rings. The summed E-state index contributed by atoms with van der Waals surface area (Å²) in [6.07, 6.45) is 5.30. The molecule has 18 heavy (non-hydrogen) atoms. The molecule has 0 aromatic carbocycles. The van der Waals surface area contributed by atoms with E-state index in [-0.39, 0.29) is 12.0 Å². The summed E-state index contributed by atoms with van der Waals surface area (Å²) in [5, 5.41) is 10.1. The third-order valence-corrected chi connectivity index (χ3v) is 4.07. The number of amides is 1. The first-order valence-corrected chi connectivity index (χ1v) is 6.58. The molecule has 1 saturated heterocycles. The summed E-state index contributed by atoms with van der Waals surface area (Å²) in [5.74, 6) is 0.114. The van der Waals surface area contributed by atoms with Crippen molar-refractivity contribution in [3.63, 3.8) is 0 Å². The summed E-state index contributed by atoms with van der Waals surface area (Å²) in [6, 6.07) is 1.83. The summed E-state index contributed by atoms with van der Waals surface area (Å²) in [5.41, 5.74) is 0.475. The van der Waals surface area contributed by atoms with E-state index in [4.69, 9.17) is 11.6 Å². The molecule has 0 spiro atoms. The van der Waals surface area contributed by atoms with Crippen LogP contribution < -0.4 is 0 Å². The number of hydrogen-bond donors (Lipinski definition) is 1. The third-order valence-electron chi connectivity index (χ3n) is 3.87. The van der Waals surface area contributed by atoms with E-state index in [1.54, 1.807) is 17.3 Å². The van der Waals surface area contributed by atoms with Gasteiger partial charge in [-0.25, -0.2) is 0 Å². The van der Waals surface area contributed by atoms with Gasteiger partial charge in [0, 0.05) is 25.5 Å². The minimum atomic E-state index is -0.429. The van der Waals surface area contributed by atoms with Gasteiger partial charge in [0.25, 0.3) is 0 Å². The van der Waals surface area contributed by atoms with Crippen LogP contribution in [0, 0.1) is 0 Å². The number of pyridine rings is 1. The summed E-state index contributed by atoms with van der Waals surface area (Å²) in [6.45, 7) is 1.10. The van der Waals surface area contributed by atoms with E-state index in [1.807, 2.05) is 6.07 Å². The van der Waals surface area contributed by atoms with E-state index in [1.165, 1.54) is 0 Å². The molecule has 5 heteroatoms. The van der Waals surface area contributed by atoms with Gasteiger partial charge in [-0.2, -0.15) is 0 Å². The second-order valence-corrected chi connectivity index (χ2v) is 5.60. The highest BCUT2D eigenvalue weighted by molar-refractivity contribution is 6.30. The number of aromatic nitrogens is 1. The standard InChI is InChI=1S/C13H15ClN2O2/c14-10-5-9(6-15-7-10)13(2-3-13)12(18)16-4-1-11(17)8-16/h5-7,11,17H,1-4,8H2/t11-/m0/s1. The molecule has 1 amide bonds. The van der Waals surface area contributed by atoms with Crippen molar-refractivity contribution in [3.8, 4) is 0 Å². The summed E-state index contributed by atoms with van der Waals surface area (Å²) >= 11 is 5.94. The molecule has 1 N–H and O–H groups in total. The molecule has 1 aliphatic heterocycles. The van der Waals surface area contributed by atoms with Crippen molar-refractivity contribution in [1.82, 2.24) is 9.88 Å². The van der Waals surface area contributed by atoms with Gasteiger partial charge in [-0.05, 0) is 30.9 Å². The minimum absolute atomic E-state index is 0.114. The maximum absolute atomic E-state index is 12.5. The Hall–Kier alpha value is -1.13. The van der Waals surface area contributed by atoms with Gasteiger partial charge >= 0.3 is 0 Å². The van der Waals surface area contributed by atoms with Crippen LogP contribution >= 0.6 is 11.6 Å². The van der Waals surface area contributed by atoms with Gasteiger partial charge < -0.3 is 10.0 Å². The maximum Gasteiger partial charge on any atom is 0.233 e. The number of nitrogens with zero attached hydrogens (tertiary/aromatic N) is 2. The SMILES string of the molecule is O=C(N1CC[C@H](O)C1)C1(c2cncc(Cl)c2)CC1. The van der Waals surface area contributed by atoms with Crippen molar-refractivity contribution in [2.75, 3.05) is 13.1 Å². The first kappa shape index (κ1) is 11.9. The van der Waals surface area contributed by atoms with Crippen molar-refractivity contribution < 1.29 is 9.90 Å². The largest absolute Gasteiger partial charge is 0.391 e. The zero-order valence-corrected chi connectivity index (χ0v) is 10.7. The lowest BCUT2D eigenvalue weighted by Crippen LogP contribution is -2.38. The van der Waals surface area contributed by atoms with Crippen LogP contribution in [-0.2, 0) is 10.2 Å². The number of carbonyl (C=O) groups is 1. The number of halogens is 1. The number of likely N-dealkylation sites (tertiary alicyclic amines) is 1. The lowest BCUT2D eigenvalue weighted by Gasteiger charge is -2.23. The number of aliphatic hydroxyl groups excluding tert-OH is 1. The topological polar surface area (TPSA) is 53.4 Å². The molecule has 1 saturated carbocycles. The highest BCUT2D eigenvalue weighted by atomic mass is 35.5. The number of carbonyl (C=O) groups excluding carboxylic acids is 1. The van der Waals surface area contributed by atoms with Crippen molar-refractivity contribution >= 4 is 17.5 Å². The molecule has 1 aromatic heterocycles. The van der Waals surface area contributed by atoms with E-state index < -0.39 is 5.41 Å². The van der Waals surface area contributed by atoms with Crippen LogP contribution in [0.5, 0.6) is 0 Å². The Balaban J connectivity index is 1.85. The van der Waals surface area contributed by atoms with Crippen LogP contribution in [0.2, 0.25) is 5.02 Å². The van der Waals surface area contributed by atoms with Crippen molar-refractivity contribution in [2.24, 2.45) is 0 Å². The zero-order chi connectivity index (χ0) is 12.8. The zero-order valence-electron chi connectivity index (χ0n) is 9.97. The van der Waals surface area contributed by atoms with E-state index in [2.05, 4.69) is 4.98 Å². The van der Waals surface area contributed by atoms with Crippen LogP contribution in [-0.4, -0.2) is 40.1 Å². The molecule has 4 nitrogen and oxygen atoms in total. The number of rotatable bonds is 2. The van der Waals surface area contributed by atoms with Crippen molar-refractivity contribution in [3.05, 3.63) is 29.0 Å². The molecular weight excluding hydrogens is 252 g/mol. The monoisotopic (exact) mass is 266 g/mol. The van der Waals surface area contributed by atoms with Crippen LogP contribution in [0.3, 0.4) is 0 Å². The summed E-state index contributed by atoms with van der Waals surface area (Å²) in [7, 11) is 0. The summed E-state index contributed by atoms with van der Waals surface area (Å²) < 4.78 is 0. The quantitative estimate of drug-likeness (QED) is 0.879. The van der Waals surface area contributed by atoms with Crippen LogP contribution in [0.1, 0.15) is 24.8 Å². The smallest absolute Gasteiger partial charge is 0.233 e. The molecule has 1 atom stereocenters. The Morgan fingerprint density at radius 1 is 1.50 bits per heavy atom. The average Bonchev–Trinajstić information content (AvgIpc) is 3.06. The fraction of sp³-hybridized carbons (Fsp3) is 0.538. The Bertz CT molecular complexity index is 488. The van der Waals surface area contributed by atoms with Crippen LogP contribution in [0.25, 0.3) is 0 Å². The predicted molar refractivity (Wildman–Crippen MR) is 67.4 cm³/mol. The first-order valence-electron chi connectivity index (χ1n) is 6.20. The van der Waals surface area contributed by atoms with E-state index in [0.29, 0.717) is 24.5 Å². The Labute approximate surface area is 111 Å². The molecule has 1 aromatic rings. The fourth-order valence-electron chi connectivity index (χ4n) is 2.65. The third kappa shape index (κ3) is 1.89. The molecule has 2 heterocycles. The van der Waals surface area contributed by atoms with Crippen LogP contribution in [0.4, 0.5) is 0 Å². The molecule has 0 unspecified atom stereocenters. The summed E-state index contributed by atoms with van der Waals surface area (Å²) in [4.78, 5) is 18.4.